The molecule has 0 aliphatic carbocycles. The van der Waals surface area contributed by atoms with E-state index in [1.54, 1.807) is 6.21 Å². The van der Waals surface area contributed by atoms with E-state index >= 15 is 0 Å². The number of hydrogen-bond acceptors (Lipinski definition) is 4. The predicted octanol–water partition coefficient (Wildman–Crippen LogP) is 6.39. The summed E-state index contributed by atoms with van der Waals surface area (Å²) in [7, 11) is -0.584. The van der Waals surface area contributed by atoms with E-state index in [1.807, 2.05) is 24.4 Å². The molecule has 0 bridgehead atoms. The molecule has 1 saturated heterocycles. The fourth-order valence-electron chi connectivity index (χ4n) is 5.55. The second-order valence-corrected chi connectivity index (χ2v) is 11.3. The Morgan fingerprint density at radius 2 is 1.24 bits per heavy atom. The minimum Gasteiger partial charge on any atom is -0.399 e. The molecule has 7 heteroatoms. The minimum atomic E-state index is -0.780. The maximum Gasteiger partial charge on any atom is 0.498 e. The standard InChI is InChI=1S/C31H31BClN3O2/c1-29(2)30(3,4)38-32(37-29)25-20-34-28-27(25)36(26(33)21-35-28)31(22-14-8-5-9-15-22,23-16-10-6-11-17-23)24-18-12-7-13-19-24/h5-21,26,34H,1-4H3. The normalized spacial score (nSPS) is 20.0. The summed E-state index contributed by atoms with van der Waals surface area (Å²) in [6.07, 6.45) is 3.73. The zero-order valence-electron chi connectivity index (χ0n) is 22.1. The van der Waals surface area contributed by atoms with Crippen LogP contribution < -0.4 is 10.4 Å². The molecule has 6 rings (SSSR count). The summed E-state index contributed by atoms with van der Waals surface area (Å²) in [6, 6.07) is 31.5. The van der Waals surface area contributed by atoms with Crippen molar-refractivity contribution >= 4 is 41.9 Å². The smallest absolute Gasteiger partial charge is 0.399 e. The zero-order chi connectivity index (χ0) is 26.5. The molecule has 3 aromatic carbocycles. The number of benzene rings is 3. The van der Waals surface area contributed by atoms with Gasteiger partial charge in [0.1, 0.15) is 11.0 Å². The van der Waals surface area contributed by atoms with E-state index in [0.29, 0.717) is 0 Å². The minimum absolute atomic E-state index is 0.486. The fraction of sp³-hybridized carbons (Fsp3) is 0.258. The Bertz CT molecular complexity index is 1340. The molecule has 3 heterocycles. The van der Waals surface area contributed by atoms with Gasteiger partial charge in [-0.15, -0.1) is 0 Å². The third-order valence-electron chi connectivity index (χ3n) is 8.12. The van der Waals surface area contributed by atoms with Crippen LogP contribution in [0.4, 0.5) is 11.5 Å². The van der Waals surface area contributed by atoms with Crippen molar-refractivity contribution in [3.05, 3.63) is 114 Å². The van der Waals surface area contributed by atoms with Crippen LogP contribution in [0.2, 0.25) is 0 Å². The number of nitrogens with one attached hydrogen (secondary N) is 1. The first-order valence-corrected chi connectivity index (χ1v) is 13.4. The molecule has 38 heavy (non-hydrogen) atoms. The van der Waals surface area contributed by atoms with E-state index < -0.39 is 29.4 Å². The summed E-state index contributed by atoms with van der Waals surface area (Å²) < 4.78 is 13.0. The van der Waals surface area contributed by atoms with Gasteiger partial charge >= 0.3 is 7.12 Å². The van der Waals surface area contributed by atoms with E-state index in [0.717, 1.165) is 33.7 Å². The van der Waals surface area contributed by atoms with Crippen LogP contribution >= 0.6 is 11.6 Å². The molecule has 0 radical (unpaired) electrons. The summed E-state index contributed by atoms with van der Waals surface area (Å²) in [5, 5.41) is 0. The first-order valence-electron chi connectivity index (χ1n) is 13.0. The van der Waals surface area contributed by atoms with Crippen LogP contribution in [0, 0.1) is 0 Å². The molecule has 192 valence electrons. The number of rotatable bonds is 5. The molecule has 0 saturated carbocycles. The number of halogens is 1. The van der Waals surface area contributed by atoms with E-state index in [-0.39, 0.29) is 0 Å². The lowest BCUT2D eigenvalue weighted by Gasteiger charge is -2.49. The number of aliphatic imine (C=N–C) groups is 1. The van der Waals surface area contributed by atoms with Gasteiger partial charge in [-0.05, 0) is 44.4 Å². The molecule has 2 aliphatic rings. The number of aromatic nitrogens is 1. The molecule has 2 aliphatic heterocycles. The maximum atomic E-state index is 7.27. The Labute approximate surface area is 229 Å². The Morgan fingerprint density at radius 3 is 1.68 bits per heavy atom. The van der Waals surface area contributed by atoms with Crippen LogP contribution in [0.25, 0.3) is 0 Å². The number of H-pyrrole nitrogens is 1. The lowest BCUT2D eigenvalue weighted by Crippen LogP contribution is -2.55. The summed E-state index contributed by atoms with van der Waals surface area (Å²) in [5.74, 6) is 0.721. The second-order valence-electron chi connectivity index (χ2n) is 10.9. The highest BCUT2D eigenvalue weighted by Gasteiger charge is 2.55. The molecule has 0 amide bonds. The number of nitrogens with zero attached hydrogens (tertiary/aromatic N) is 2. The predicted molar refractivity (Wildman–Crippen MR) is 156 cm³/mol. The van der Waals surface area contributed by atoms with Crippen LogP contribution in [-0.4, -0.2) is 35.0 Å². The van der Waals surface area contributed by atoms with E-state index in [1.165, 1.54) is 0 Å². The number of anilines is 1. The SMILES string of the molecule is CC1(C)OB(c2c[nH]c3c2N(C(c2ccccc2)(c2ccccc2)c2ccccc2)C(Cl)C=N3)OC1(C)C. The summed E-state index contributed by atoms with van der Waals surface area (Å²) in [5.41, 5.74) is 2.69. The van der Waals surface area contributed by atoms with Crippen molar-refractivity contribution in [1.29, 1.82) is 0 Å². The van der Waals surface area contributed by atoms with Crippen LogP contribution in [-0.2, 0) is 14.8 Å². The first-order chi connectivity index (χ1) is 18.3. The van der Waals surface area contributed by atoms with Crippen LogP contribution in [0.5, 0.6) is 0 Å². The van der Waals surface area contributed by atoms with Gasteiger partial charge in [-0.2, -0.15) is 0 Å². The van der Waals surface area contributed by atoms with Crippen molar-refractivity contribution in [3.63, 3.8) is 0 Å². The lowest BCUT2D eigenvalue weighted by molar-refractivity contribution is 0.00578. The van der Waals surface area contributed by atoms with Crippen molar-refractivity contribution in [2.45, 2.75) is 49.9 Å². The van der Waals surface area contributed by atoms with Crippen molar-refractivity contribution in [3.8, 4) is 0 Å². The molecule has 1 fully saturated rings. The van der Waals surface area contributed by atoms with Crippen LogP contribution in [0.1, 0.15) is 44.4 Å². The molecule has 1 atom stereocenters. The maximum absolute atomic E-state index is 7.27. The van der Waals surface area contributed by atoms with Gasteiger partial charge in [0.05, 0.1) is 16.9 Å². The number of fused-ring (bicyclic) bond motifs is 1. The Morgan fingerprint density at radius 1 is 0.789 bits per heavy atom. The van der Waals surface area contributed by atoms with Gasteiger partial charge in [-0.3, -0.25) is 0 Å². The van der Waals surface area contributed by atoms with Gasteiger partial charge in [-0.25, -0.2) is 4.99 Å². The summed E-state index contributed by atoms with van der Waals surface area (Å²) in [4.78, 5) is 10.4. The van der Waals surface area contributed by atoms with Gasteiger partial charge < -0.3 is 19.2 Å². The molecule has 1 unspecified atom stereocenters. The van der Waals surface area contributed by atoms with Gasteiger partial charge in [0.2, 0.25) is 0 Å². The van der Waals surface area contributed by atoms with Crippen molar-refractivity contribution in [2.24, 2.45) is 4.99 Å². The van der Waals surface area contributed by atoms with E-state index in [4.69, 9.17) is 25.9 Å². The van der Waals surface area contributed by atoms with Crippen molar-refractivity contribution in [1.82, 2.24) is 4.98 Å². The highest BCUT2D eigenvalue weighted by Crippen LogP contribution is 2.50. The summed E-state index contributed by atoms with van der Waals surface area (Å²) in [6.45, 7) is 8.26. The largest absolute Gasteiger partial charge is 0.498 e. The molecule has 4 aromatic rings. The van der Waals surface area contributed by atoms with Crippen molar-refractivity contribution in [2.75, 3.05) is 4.90 Å². The quantitative estimate of drug-likeness (QED) is 0.143. The molecule has 1 aromatic heterocycles. The number of alkyl halides is 1. The van der Waals surface area contributed by atoms with Gasteiger partial charge in [-0.1, -0.05) is 103 Å². The highest BCUT2D eigenvalue weighted by molar-refractivity contribution is 6.64. The average molecular weight is 524 g/mol. The van der Waals surface area contributed by atoms with Crippen molar-refractivity contribution < 1.29 is 9.31 Å². The highest BCUT2D eigenvalue weighted by atomic mass is 35.5. The van der Waals surface area contributed by atoms with E-state index in [2.05, 4.69) is 110 Å². The average Bonchev–Trinajstić information content (AvgIpc) is 3.44. The Hall–Kier alpha value is -3.32. The monoisotopic (exact) mass is 523 g/mol. The number of aromatic amines is 1. The lowest BCUT2D eigenvalue weighted by atomic mass is 9.73. The third-order valence-corrected chi connectivity index (χ3v) is 8.43. The molecule has 5 nitrogen and oxygen atoms in total. The zero-order valence-corrected chi connectivity index (χ0v) is 22.8. The first kappa shape index (κ1) is 25.0. The number of hydrogen-bond donors (Lipinski definition) is 1. The Kier molecular flexibility index (Phi) is 6.02. The van der Waals surface area contributed by atoms with Gasteiger partial charge in [0.15, 0.2) is 5.82 Å². The van der Waals surface area contributed by atoms with Gasteiger partial charge in [0.25, 0.3) is 0 Å². The topological polar surface area (TPSA) is 49.8 Å². The van der Waals surface area contributed by atoms with Crippen LogP contribution in [0.15, 0.2) is 102 Å². The fourth-order valence-corrected chi connectivity index (χ4v) is 5.86. The molecular formula is C31H31BClN3O2. The molecular weight excluding hydrogens is 493 g/mol. The molecule has 0 spiro atoms. The van der Waals surface area contributed by atoms with Gasteiger partial charge in [0, 0.05) is 17.9 Å². The molecule has 1 N–H and O–H groups in total. The third kappa shape index (κ3) is 3.74. The summed E-state index contributed by atoms with van der Waals surface area (Å²) >= 11 is 7.27. The van der Waals surface area contributed by atoms with Crippen LogP contribution in [0.3, 0.4) is 0 Å². The second kappa shape index (κ2) is 9.16. The Balaban J connectivity index is 1.66. The van der Waals surface area contributed by atoms with E-state index in [9.17, 15) is 0 Å².